The van der Waals surface area contributed by atoms with Crippen molar-refractivity contribution in [3.05, 3.63) is 0 Å². The molecule has 5 nitrogen and oxygen atoms in total. The highest BCUT2D eigenvalue weighted by atomic mass is 16.6. The van der Waals surface area contributed by atoms with Crippen molar-refractivity contribution in [3.63, 3.8) is 0 Å². The van der Waals surface area contributed by atoms with E-state index < -0.39 is 5.60 Å². The fourth-order valence-corrected chi connectivity index (χ4v) is 1.65. The summed E-state index contributed by atoms with van der Waals surface area (Å²) in [5.41, 5.74) is 4.95. The Balaban J connectivity index is 3.34. The Morgan fingerprint density at radius 1 is 1.32 bits per heavy atom. The first-order valence-electron chi connectivity index (χ1n) is 7.16. The molecule has 0 aromatic rings. The fraction of sp³-hybridized carbons (Fsp3) is 0.929. The van der Waals surface area contributed by atoms with Crippen LogP contribution >= 0.6 is 0 Å². The minimum Gasteiger partial charge on any atom is -0.460 e. The van der Waals surface area contributed by atoms with E-state index in [9.17, 15) is 9.90 Å². The second-order valence-corrected chi connectivity index (χ2v) is 5.83. The van der Waals surface area contributed by atoms with E-state index in [-0.39, 0.29) is 12.1 Å². The molecule has 0 radical (unpaired) electrons. The number of carbonyl (C=O) groups is 1. The number of esters is 1. The highest BCUT2D eigenvalue weighted by Gasteiger charge is 2.15. The molecular formula is C14H30N2O3. The second kappa shape index (κ2) is 10.2. The Morgan fingerprint density at radius 3 is 2.58 bits per heavy atom. The largest absolute Gasteiger partial charge is 0.460 e. The highest BCUT2D eigenvalue weighted by molar-refractivity contribution is 5.69. The van der Waals surface area contributed by atoms with Gasteiger partial charge in [0.25, 0.3) is 0 Å². The first kappa shape index (κ1) is 18.4. The van der Waals surface area contributed by atoms with Crippen molar-refractivity contribution in [2.24, 2.45) is 5.73 Å². The maximum atomic E-state index is 11.4. The van der Waals surface area contributed by atoms with Crippen LogP contribution in [0.15, 0.2) is 0 Å². The summed E-state index contributed by atoms with van der Waals surface area (Å²) in [6.07, 6.45) is 3.59. The van der Waals surface area contributed by atoms with Gasteiger partial charge in [0.2, 0.25) is 0 Å². The molecule has 1 unspecified atom stereocenters. The normalized spacial score (nSPS) is 13.3. The van der Waals surface area contributed by atoms with E-state index in [4.69, 9.17) is 10.5 Å². The molecule has 5 heteroatoms. The molecule has 0 amide bonds. The molecule has 19 heavy (non-hydrogen) atoms. The number of unbranched alkanes of at least 4 members (excludes halogenated alkanes) is 2. The van der Waals surface area contributed by atoms with E-state index in [2.05, 4.69) is 5.32 Å². The first-order chi connectivity index (χ1) is 8.85. The molecule has 0 aliphatic heterocycles. The number of aliphatic hydroxyl groups excluding tert-OH is 1. The summed E-state index contributed by atoms with van der Waals surface area (Å²) in [7, 11) is 0. The van der Waals surface area contributed by atoms with Gasteiger partial charge in [-0.3, -0.25) is 4.79 Å². The number of ether oxygens (including phenoxy) is 1. The maximum Gasteiger partial charge on any atom is 0.306 e. The summed E-state index contributed by atoms with van der Waals surface area (Å²) in [5, 5.41) is 12.6. The van der Waals surface area contributed by atoms with Gasteiger partial charge < -0.3 is 20.9 Å². The maximum absolute atomic E-state index is 11.4. The predicted molar refractivity (Wildman–Crippen MR) is 76.9 cm³/mol. The number of aliphatic hydroxyl groups is 1. The van der Waals surface area contributed by atoms with E-state index in [0.717, 1.165) is 25.8 Å². The lowest BCUT2D eigenvalue weighted by Gasteiger charge is -2.19. The molecule has 0 fully saturated rings. The number of carbonyl (C=O) groups excluding carboxylic acids is 1. The molecular weight excluding hydrogens is 244 g/mol. The van der Waals surface area contributed by atoms with Gasteiger partial charge in [-0.1, -0.05) is 6.42 Å². The van der Waals surface area contributed by atoms with Gasteiger partial charge in [0.05, 0.1) is 6.10 Å². The molecule has 0 rings (SSSR count). The molecule has 1 atom stereocenters. The van der Waals surface area contributed by atoms with Crippen molar-refractivity contribution >= 4 is 5.97 Å². The molecule has 0 saturated heterocycles. The summed E-state index contributed by atoms with van der Waals surface area (Å²) in [6, 6.07) is 0. The monoisotopic (exact) mass is 274 g/mol. The van der Waals surface area contributed by atoms with Crippen molar-refractivity contribution in [1.82, 2.24) is 5.32 Å². The van der Waals surface area contributed by atoms with Crippen LogP contribution in [-0.2, 0) is 9.53 Å². The lowest BCUT2D eigenvalue weighted by atomic mass is 10.1. The highest BCUT2D eigenvalue weighted by Crippen LogP contribution is 2.10. The van der Waals surface area contributed by atoms with Crippen LogP contribution in [0.3, 0.4) is 0 Å². The number of hydrogen-bond acceptors (Lipinski definition) is 5. The van der Waals surface area contributed by atoms with Crippen molar-refractivity contribution in [2.75, 3.05) is 19.6 Å². The fourth-order valence-electron chi connectivity index (χ4n) is 1.65. The molecule has 0 aromatic carbocycles. The topological polar surface area (TPSA) is 84.6 Å². The van der Waals surface area contributed by atoms with E-state index in [1.807, 2.05) is 20.8 Å². The number of hydrogen-bond donors (Lipinski definition) is 3. The third-order valence-corrected chi connectivity index (χ3v) is 2.53. The zero-order chi connectivity index (χ0) is 14.7. The van der Waals surface area contributed by atoms with Gasteiger partial charge in [0.15, 0.2) is 0 Å². The third kappa shape index (κ3) is 13.6. The average Bonchev–Trinajstić information content (AvgIpc) is 2.25. The van der Waals surface area contributed by atoms with Gasteiger partial charge in [-0.25, -0.2) is 0 Å². The Kier molecular flexibility index (Phi) is 9.83. The summed E-state index contributed by atoms with van der Waals surface area (Å²) in [6.45, 7) is 7.59. The van der Waals surface area contributed by atoms with Gasteiger partial charge >= 0.3 is 5.97 Å². The average molecular weight is 274 g/mol. The van der Waals surface area contributed by atoms with Crippen LogP contribution < -0.4 is 11.1 Å². The summed E-state index contributed by atoms with van der Waals surface area (Å²) < 4.78 is 5.22. The third-order valence-electron chi connectivity index (χ3n) is 2.53. The molecule has 0 spiro atoms. The summed E-state index contributed by atoms with van der Waals surface area (Å²) in [5.74, 6) is -0.126. The van der Waals surface area contributed by atoms with Crippen molar-refractivity contribution < 1.29 is 14.6 Å². The Labute approximate surface area is 116 Å². The van der Waals surface area contributed by atoms with Gasteiger partial charge in [-0.15, -0.1) is 0 Å². The molecule has 0 bridgehead atoms. The van der Waals surface area contributed by atoms with Crippen LogP contribution in [-0.4, -0.2) is 42.4 Å². The molecule has 0 heterocycles. The molecule has 0 aliphatic rings. The molecule has 114 valence electrons. The van der Waals surface area contributed by atoms with Crippen LogP contribution in [0.5, 0.6) is 0 Å². The van der Waals surface area contributed by atoms with Gasteiger partial charge in [-0.2, -0.15) is 0 Å². The van der Waals surface area contributed by atoms with E-state index in [1.165, 1.54) is 0 Å². The van der Waals surface area contributed by atoms with Crippen molar-refractivity contribution in [1.29, 1.82) is 0 Å². The van der Waals surface area contributed by atoms with Gasteiger partial charge in [0, 0.05) is 13.0 Å². The van der Waals surface area contributed by atoms with E-state index >= 15 is 0 Å². The molecule has 0 saturated carbocycles. The molecule has 0 aliphatic carbocycles. The summed E-state index contributed by atoms with van der Waals surface area (Å²) >= 11 is 0. The van der Waals surface area contributed by atoms with Crippen LogP contribution in [0.25, 0.3) is 0 Å². The van der Waals surface area contributed by atoms with E-state index in [1.54, 1.807) is 0 Å². The van der Waals surface area contributed by atoms with E-state index in [0.29, 0.717) is 25.9 Å². The van der Waals surface area contributed by atoms with Gasteiger partial charge in [0.1, 0.15) is 5.60 Å². The molecule has 0 aromatic heterocycles. The Hall–Kier alpha value is -0.650. The zero-order valence-corrected chi connectivity index (χ0v) is 12.6. The molecule has 4 N–H and O–H groups in total. The first-order valence-corrected chi connectivity index (χ1v) is 7.16. The standard InChI is InChI=1S/C14H30N2O3/c1-14(2,3)19-13(18)7-5-4-6-10-16-11-12(17)8-9-15/h12,16-17H,4-11,15H2,1-3H3. The predicted octanol–water partition coefficient (Wildman–Crippen LogP) is 1.19. The van der Waals surface area contributed by atoms with Crippen LogP contribution in [0.2, 0.25) is 0 Å². The number of rotatable bonds is 10. The van der Waals surface area contributed by atoms with Gasteiger partial charge in [-0.05, 0) is 53.1 Å². The van der Waals surface area contributed by atoms with Crippen LogP contribution in [0, 0.1) is 0 Å². The van der Waals surface area contributed by atoms with Crippen LogP contribution in [0.4, 0.5) is 0 Å². The quantitative estimate of drug-likeness (QED) is 0.411. The lowest BCUT2D eigenvalue weighted by molar-refractivity contribution is -0.154. The number of nitrogens with two attached hydrogens (primary N) is 1. The summed E-state index contributed by atoms with van der Waals surface area (Å²) in [4.78, 5) is 11.4. The smallest absolute Gasteiger partial charge is 0.306 e. The van der Waals surface area contributed by atoms with Crippen molar-refractivity contribution in [3.8, 4) is 0 Å². The second-order valence-electron chi connectivity index (χ2n) is 5.83. The minimum atomic E-state index is -0.391. The lowest BCUT2D eigenvalue weighted by Crippen LogP contribution is -2.29. The van der Waals surface area contributed by atoms with Crippen molar-refractivity contribution in [2.45, 2.75) is 64.6 Å². The Morgan fingerprint density at radius 2 is 2.00 bits per heavy atom. The SMILES string of the molecule is CC(C)(C)OC(=O)CCCCCNCC(O)CCN. The Bertz CT molecular complexity index is 239. The minimum absolute atomic E-state index is 0.126. The zero-order valence-electron chi connectivity index (χ0n) is 12.6. The number of nitrogens with one attached hydrogen (secondary N) is 1. The van der Waals surface area contributed by atoms with Crippen LogP contribution in [0.1, 0.15) is 52.9 Å².